The lowest BCUT2D eigenvalue weighted by Crippen LogP contribution is -2.31. The van der Waals surface area contributed by atoms with Gasteiger partial charge < -0.3 is 9.47 Å². The van der Waals surface area contributed by atoms with E-state index in [0.717, 1.165) is 29.1 Å². The van der Waals surface area contributed by atoms with Crippen molar-refractivity contribution in [3.8, 4) is 5.75 Å². The van der Waals surface area contributed by atoms with Crippen LogP contribution < -0.4 is 9.75 Å². The van der Waals surface area contributed by atoms with Gasteiger partial charge >= 0.3 is 12.1 Å². The van der Waals surface area contributed by atoms with Gasteiger partial charge in [-0.05, 0) is 47.9 Å². The van der Waals surface area contributed by atoms with Crippen LogP contribution in [0, 0.1) is 0 Å². The van der Waals surface area contributed by atoms with Crippen molar-refractivity contribution in [1.29, 1.82) is 0 Å². The third-order valence-corrected chi connectivity index (χ3v) is 4.82. The summed E-state index contributed by atoms with van der Waals surface area (Å²) in [7, 11) is 0. The summed E-state index contributed by atoms with van der Waals surface area (Å²) in [5.74, 6) is -1.19. The van der Waals surface area contributed by atoms with Gasteiger partial charge in [0.15, 0.2) is 13.2 Å². The van der Waals surface area contributed by atoms with Gasteiger partial charge in [0.1, 0.15) is 5.75 Å². The molecular formula is C26H23F3N2O4. The van der Waals surface area contributed by atoms with Crippen LogP contribution >= 0.6 is 0 Å². The van der Waals surface area contributed by atoms with E-state index in [-0.39, 0.29) is 5.69 Å². The molecule has 9 heteroatoms. The van der Waals surface area contributed by atoms with Crippen LogP contribution in [0.1, 0.15) is 23.6 Å². The van der Waals surface area contributed by atoms with Gasteiger partial charge in [-0.2, -0.15) is 23.3 Å². The average molecular weight is 484 g/mol. The number of carbonyl (C=O) groups excluding carboxylic acids is 2. The molecule has 182 valence electrons. The summed E-state index contributed by atoms with van der Waals surface area (Å²) in [5.41, 5.74) is 0.663. The lowest BCUT2D eigenvalue weighted by molar-refractivity contribution is -0.149. The van der Waals surface area contributed by atoms with Gasteiger partial charge in [-0.25, -0.2) is 4.79 Å². The molecule has 0 heterocycles. The quantitative estimate of drug-likeness (QED) is 0.236. The first kappa shape index (κ1) is 25.5. The van der Waals surface area contributed by atoms with Gasteiger partial charge in [0, 0.05) is 0 Å². The van der Waals surface area contributed by atoms with Crippen molar-refractivity contribution in [1.82, 2.24) is 0 Å². The van der Waals surface area contributed by atoms with Crippen molar-refractivity contribution in [2.75, 3.05) is 18.2 Å². The van der Waals surface area contributed by atoms with Crippen LogP contribution in [0.25, 0.3) is 0 Å². The lowest BCUT2D eigenvalue weighted by Gasteiger charge is -2.18. The zero-order valence-electron chi connectivity index (χ0n) is 18.9. The molecule has 0 saturated carbocycles. The molecule has 0 radical (unpaired) electrons. The molecule has 3 aromatic carbocycles. The molecule has 0 aromatic heterocycles. The Hall–Kier alpha value is -4.14. The van der Waals surface area contributed by atoms with Gasteiger partial charge in [0.2, 0.25) is 0 Å². The molecule has 6 nitrogen and oxygen atoms in total. The third-order valence-electron chi connectivity index (χ3n) is 4.82. The molecule has 0 saturated heterocycles. The van der Waals surface area contributed by atoms with Crippen molar-refractivity contribution in [3.05, 3.63) is 95.6 Å². The number of aryl methyl sites for hydroxylation is 1. The maximum Gasteiger partial charge on any atom is 0.416 e. The topological polar surface area (TPSA) is 68.2 Å². The number of anilines is 1. The monoisotopic (exact) mass is 484 g/mol. The zero-order chi connectivity index (χ0) is 25.3. The van der Waals surface area contributed by atoms with Crippen molar-refractivity contribution in [3.63, 3.8) is 0 Å². The SMILES string of the molecule is CCc1ccc(OCC(=O)OCC(=O)N(/N=C\c2ccccc2)c2cccc(C(F)(F)F)c2)cc1. The Bertz CT molecular complexity index is 1160. The smallest absolute Gasteiger partial charge is 0.416 e. The highest BCUT2D eigenvalue weighted by Crippen LogP contribution is 2.31. The Morgan fingerprint density at radius 1 is 0.943 bits per heavy atom. The van der Waals surface area contributed by atoms with Gasteiger partial charge in [0.05, 0.1) is 17.5 Å². The number of amides is 1. The normalized spacial score (nSPS) is 11.3. The fraction of sp³-hybridized carbons (Fsp3) is 0.192. The lowest BCUT2D eigenvalue weighted by atomic mass is 10.2. The minimum Gasteiger partial charge on any atom is -0.482 e. The zero-order valence-corrected chi connectivity index (χ0v) is 18.9. The minimum absolute atomic E-state index is 0.125. The van der Waals surface area contributed by atoms with Gasteiger partial charge in [-0.15, -0.1) is 0 Å². The van der Waals surface area contributed by atoms with Gasteiger partial charge in [-0.3, -0.25) is 4.79 Å². The molecule has 0 aliphatic rings. The fourth-order valence-corrected chi connectivity index (χ4v) is 2.96. The van der Waals surface area contributed by atoms with E-state index < -0.39 is 36.8 Å². The summed E-state index contributed by atoms with van der Waals surface area (Å²) in [5, 5.41) is 4.81. The largest absolute Gasteiger partial charge is 0.482 e. The number of nitrogens with zero attached hydrogens (tertiary/aromatic N) is 2. The van der Waals surface area contributed by atoms with E-state index >= 15 is 0 Å². The molecule has 3 aromatic rings. The third kappa shape index (κ3) is 7.70. The maximum absolute atomic E-state index is 13.2. The number of hydrogen-bond donors (Lipinski definition) is 0. The van der Waals surface area contributed by atoms with Crippen molar-refractivity contribution < 1.29 is 32.2 Å². The van der Waals surface area contributed by atoms with Crippen LogP contribution in [0.5, 0.6) is 5.75 Å². The summed E-state index contributed by atoms with van der Waals surface area (Å²) >= 11 is 0. The predicted molar refractivity (Wildman–Crippen MR) is 125 cm³/mol. The summed E-state index contributed by atoms with van der Waals surface area (Å²) < 4.78 is 49.9. The van der Waals surface area contributed by atoms with E-state index in [1.54, 1.807) is 42.5 Å². The molecule has 0 fully saturated rings. The standard InChI is InChI=1S/C26H23F3N2O4/c1-2-19-11-13-23(14-12-19)34-18-25(33)35-17-24(32)31(30-16-20-7-4-3-5-8-20)22-10-6-9-21(15-22)26(27,28)29/h3-16H,2,17-18H2,1H3/b30-16-. The number of benzene rings is 3. The fourth-order valence-electron chi connectivity index (χ4n) is 2.96. The van der Waals surface area contributed by atoms with Crippen molar-refractivity contribution >= 4 is 23.8 Å². The number of hydrazone groups is 1. The molecule has 0 aliphatic heterocycles. The highest BCUT2D eigenvalue weighted by Gasteiger charge is 2.31. The van der Waals surface area contributed by atoms with Crippen molar-refractivity contribution in [2.24, 2.45) is 5.10 Å². The number of carbonyl (C=O) groups is 2. The number of hydrogen-bond acceptors (Lipinski definition) is 5. The first-order valence-electron chi connectivity index (χ1n) is 10.7. The highest BCUT2D eigenvalue weighted by atomic mass is 19.4. The molecule has 35 heavy (non-hydrogen) atoms. The Morgan fingerprint density at radius 2 is 1.66 bits per heavy atom. The molecule has 0 bridgehead atoms. The van der Waals surface area contributed by atoms with E-state index in [2.05, 4.69) is 5.10 Å². The van der Waals surface area contributed by atoms with Crippen LogP contribution in [0.3, 0.4) is 0 Å². The van der Waals surface area contributed by atoms with Gasteiger partial charge in [-0.1, -0.05) is 55.5 Å². The predicted octanol–water partition coefficient (Wildman–Crippen LogP) is 5.26. The summed E-state index contributed by atoms with van der Waals surface area (Å²) in [6.45, 7) is 0.839. The molecule has 0 aliphatic carbocycles. The van der Waals surface area contributed by atoms with Crippen LogP contribution in [-0.4, -0.2) is 31.3 Å². The molecule has 0 unspecified atom stereocenters. The Balaban J connectivity index is 1.69. The molecule has 0 N–H and O–H groups in total. The minimum atomic E-state index is -4.60. The first-order chi connectivity index (χ1) is 16.8. The number of halogens is 3. The van der Waals surface area contributed by atoms with E-state index in [1.807, 2.05) is 19.1 Å². The van der Waals surface area contributed by atoms with E-state index in [9.17, 15) is 22.8 Å². The summed E-state index contributed by atoms with van der Waals surface area (Å²) in [6.07, 6.45) is -2.42. The van der Waals surface area contributed by atoms with Crippen LogP contribution in [-0.2, 0) is 26.9 Å². The average Bonchev–Trinajstić information content (AvgIpc) is 2.87. The summed E-state index contributed by atoms with van der Waals surface area (Å²) in [6, 6.07) is 20.0. The molecule has 3 rings (SSSR count). The Kier molecular flexibility index (Phi) is 8.61. The first-order valence-corrected chi connectivity index (χ1v) is 10.7. The molecular weight excluding hydrogens is 461 g/mol. The highest BCUT2D eigenvalue weighted by molar-refractivity contribution is 5.96. The Morgan fingerprint density at radius 3 is 2.31 bits per heavy atom. The molecule has 0 atom stereocenters. The van der Waals surface area contributed by atoms with E-state index in [1.165, 1.54) is 18.3 Å². The maximum atomic E-state index is 13.2. The summed E-state index contributed by atoms with van der Waals surface area (Å²) in [4.78, 5) is 24.9. The van der Waals surface area contributed by atoms with Crippen LogP contribution in [0.2, 0.25) is 0 Å². The second-order valence-electron chi connectivity index (χ2n) is 7.36. The number of alkyl halides is 3. The molecule has 1 amide bonds. The Labute approximate surface area is 200 Å². The number of rotatable bonds is 9. The second kappa shape index (κ2) is 11.8. The van der Waals surface area contributed by atoms with Gasteiger partial charge in [0.25, 0.3) is 5.91 Å². The van der Waals surface area contributed by atoms with Crippen LogP contribution in [0.15, 0.2) is 84.0 Å². The van der Waals surface area contributed by atoms with Crippen LogP contribution in [0.4, 0.5) is 18.9 Å². The van der Waals surface area contributed by atoms with Crippen molar-refractivity contribution in [2.45, 2.75) is 19.5 Å². The second-order valence-corrected chi connectivity index (χ2v) is 7.36. The van der Waals surface area contributed by atoms with E-state index in [0.29, 0.717) is 11.3 Å². The number of ether oxygens (including phenoxy) is 2. The number of esters is 1. The molecule has 0 spiro atoms. The van der Waals surface area contributed by atoms with E-state index in [4.69, 9.17) is 9.47 Å².